The molecular weight excluding hydrogens is 103 g/mol. The zero-order valence-corrected chi connectivity index (χ0v) is 6.20. The van der Waals surface area contributed by atoms with E-state index in [0.717, 1.165) is 5.92 Å². The molecule has 0 aliphatic rings. The lowest BCUT2D eigenvalue weighted by molar-refractivity contribution is 0.618. The lowest BCUT2D eigenvalue weighted by atomic mass is 9.95. The van der Waals surface area contributed by atoms with Crippen LogP contribution >= 0.6 is 12.6 Å². The molecule has 0 saturated carbocycles. The minimum Gasteiger partial charge on any atom is -0.185 e. The zero-order chi connectivity index (χ0) is 5.86. The fourth-order valence-corrected chi connectivity index (χ4v) is 1.10. The second-order valence-corrected chi connectivity index (χ2v) is 3.36. The predicted molar refractivity (Wildman–Crippen MR) is 40.8 cm³/mol. The molecule has 2 heteroatoms. The maximum Gasteiger partial charge on any atom is 0.118 e. The van der Waals surface area contributed by atoms with E-state index >= 15 is 0 Å². The van der Waals surface area contributed by atoms with Crippen molar-refractivity contribution in [3.8, 4) is 0 Å². The summed E-state index contributed by atoms with van der Waals surface area (Å²) in [5.41, 5.74) is 0. The molecule has 0 heterocycles. The van der Waals surface area contributed by atoms with Gasteiger partial charge in [-0.1, -0.05) is 13.8 Å². The molecule has 0 aromatic heterocycles. The maximum absolute atomic E-state index is 4.24. The van der Waals surface area contributed by atoms with Gasteiger partial charge < -0.3 is 0 Å². The molecule has 0 aliphatic heterocycles. The molecular formula is C5H13BS. The molecule has 0 rings (SSSR count). The lowest BCUT2D eigenvalue weighted by Gasteiger charge is -2.04. The Kier molecular flexibility index (Phi) is 3.62. The van der Waals surface area contributed by atoms with Crippen LogP contribution in [0.15, 0.2) is 0 Å². The molecule has 7 heavy (non-hydrogen) atoms. The predicted octanol–water partition coefficient (Wildman–Crippen LogP) is 0.921. The van der Waals surface area contributed by atoms with Gasteiger partial charge in [-0.05, 0) is 17.5 Å². The van der Waals surface area contributed by atoms with Crippen LogP contribution < -0.4 is 0 Å². The Bertz CT molecular complexity index is 37.3. The van der Waals surface area contributed by atoms with Crippen LogP contribution in [0.25, 0.3) is 0 Å². The molecule has 0 radical (unpaired) electrons. The van der Waals surface area contributed by atoms with Crippen LogP contribution in [0.5, 0.6) is 0 Å². The first-order valence-corrected chi connectivity index (χ1v) is 3.32. The van der Waals surface area contributed by atoms with Gasteiger partial charge in [0.05, 0.1) is 0 Å². The topological polar surface area (TPSA) is 0 Å². The normalized spacial score (nSPS) is 14.9. The van der Waals surface area contributed by atoms with Crippen molar-refractivity contribution in [3.05, 3.63) is 0 Å². The highest BCUT2D eigenvalue weighted by atomic mass is 32.1. The molecule has 0 fully saturated rings. The Morgan fingerprint density at radius 3 is 2.00 bits per heavy atom. The van der Waals surface area contributed by atoms with Gasteiger partial charge in [-0.2, -0.15) is 12.6 Å². The summed E-state index contributed by atoms with van der Waals surface area (Å²) in [5, 5.41) is 0.569. The first-order valence-electron chi connectivity index (χ1n) is 2.81. The van der Waals surface area contributed by atoms with Crippen molar-refractivity contribution in [3.63, 3.8) is 0 Å². The molecule has 1 atom stereocenters. The molecule has 0 aromatic rings. The molecule has 0 aromatic carbocycles. The first kappa shape index (κ1) is 7.41. The van der Waals surface area contributed by atoms with E-state index in [4.69, 9.17) is 0 Å². The number of rotatable bonds is 2. The fourth-order valence-electron chi connectivity index (χ4n) is 0.682. The van der Waals surface area contributed by atoms with Gasteiger partial charge in [0.1, 0.15) is 7.85 Å². The highest BCUT2D eigenvalue weighted by molar-refractivity contribution is 7.82. The van der Waals surface area contributed by atoms with Crippen LogP contribution in [0.1, 0.15) is 20.3 Å². The molecule has 0 amide bonds. The SMILES string of the molecule is BC(S)CC(C)C. The molecule has 0 saturated heterocycles. The fraction of sp³-hybridized carbons (Fsp3) is 1.00. The summed E-state index contributed by atoms with van der Waals surface area (Å²) >= 11 is 4.24. The highest BCUT2D eigenvalue weighted by Gasteiger charge is 1.96. The first-order chi connectivity index (χ1) is 3.13. The Hall–Kier alpha value is 0.415. The van der Waals surface area contributed by atoms with Crippen LogP contribution in [0, 0.1) is 5.92 Å². The third kappa shape index (κ3) is 6.41. The third-order valence-electron chi connectivity index (χ3n) is 0.813. The van der Waals surface area contributed by atoms with Crippen LogP contribution in [-0.2, 0) is 0 Å². The van der Waals surface area contributed by atoms with Gasteiger partial charge in [0.15, 0.2) is 0 Å². The van der Waals surface area contributed by atoms with Crippen LogP contribution in [0.4, 0.5) is 0 Å². The van der Waals surface area contributed by atoms with E-state index in [1.807, 2.05) is 0 Å². The second-order valence-electron chi connectivity index (χ2n) is 2.48. The molecule has 0 N–H and O–H groups in total. The summed E-state index contributed by atoms with van der Waals surface area (Å²) in [5.74, 6) is 0.799. The van der Waals surface area contributed by atoms with Crippen molar-refractivity contribution in [1.29, 1.82) is 0 Å². The van der Waals surface area contributed by atoms with E-state index in [-0.39, 0.29) is 0 Å². The number of thiol groups is 1. The molecule has 42 valence electrons. The summed E-state index contributed by atoms with van der Waals surface area (Å²) in [7, 11) is 2.13. The van der Waals surface area contributed by atoms with Crippen molar-refractivity contribution in [2.75, 3.05) is 0 Å². The number of hydrogen-bond donors (Lipinski definition) is 1. The monoisotopic (exact) mass is 116 g/mol. The van der Waals surface area contributed by atoms with Crippen LogP contribution in [0.2, 0.25) is 0 Å². The van der Waals surface area contributed by atoms with Gasteiger partial charge in [0, 0.05) is 0 Å². The van der Waals surface area contributed by atoms with E-state index in [1.54, 1.807) is 0 Å². The average molecular weight is 116 g/mol. The second kappa shape index (κ2) is 3.42. The largest absolute Gasteiger partial charge is 0.185 e. The minimum absolute atomic E-state index is 0.569. The van der Waals surface area contributed by atoms with Crippen molar-refractivity contribution >= 4 is 20.5 Å². The Morgan fingerprint density at radius 2 is 2.00 bits per heavy atom. The Morgan fingerprint density at radius 1 is 1.57 bits per heavy atom. The molecule has 0 spiro atoms. The molecule has 0 aliphatic carbocycles. The van der Waals surface area contributed by atoms with E-state index in [9.17, 15) is 0 Å². The third-order valence-corrected chi connectivity index (χ3v) is 1.02. The standard InChI is InChI=1S/C5H13BS/c1-4(2)3-5(6)7/h4-5,7H,3,6H2,1-2H3. The number of hydrogen-bond acceptors (Lipinski definition) is 1. The van der Waals surface area contributed by atoms with E-state index in [1.165, 1.54) is 6.42 Å². The van der Waals surface area contributed by atoms with Gasteiger partial charge in [-0.15, -0.1) is 0 Å². The molecule has 1 unspecified atom stereocenters. The Labute approximate surface area is 52.5 Å². The van der Waals surface area contributed by atoms with E-state index in [0.29, 0.717) is 5.15 Å². The van der Waals surface area contributed by atoms with Gasteiger partial charge in [-0.25, -0.2) is 0 Å². The smallest absolute Gasteiger partial charge is 0.118 e. The van der Waals surface area contributed by atoms with Gasteiger partial charge in [0.25, 0.3) is 0 Å². The van der Waals surface area contributed by atoms with Gasteiger partial charge in [-0.3, -0.25) is 0 Å². The minimum atomic E-state index is 0.569. The van der Waals surface area contributed by atoms with E-state index < -0.39 is 0 Å². The van der Waals surface area contributed by atoms with Gasteiger partial charge in [0.2, 0.25) is 0 Å². The van der Waals surface area contributed by atoms with Crippen LogP contribution in [0.3, 0.4) is 0 Å². The quantitative estimate of drug-likeness (QED) is 0.402. The Balaban J connectivity index is 2.95. The summed E-state index contributed by atoms with van der Waals surface area (Å²) < 4.78 is 0. The zero-order valence-electron chi connectivity index (χ0n) is 5.31. The summed E-state index contributed by atoms with van der Waals surface area (Å²) in [4.78, 5) is 0. The van der Waals surface area contributed by atoms with Crippen molar-refractivity contribution in [1.82, 2.24) is 0 Å². The summed E-state index contributed by atoms with van der Waals surface area (Å²) in [6.45, 7) is 4.43. The average Bonchev–Trinajstić information content (AvgIpc) is 1.27. The van der Waals surface area contributed by atoms with Crippen molar-refractivity contribution in [2.45, 2.75) is 25.4 Å². The van der Waals surface area contributed by atoms with Crippen LogP contribution in [-0.4, -0.2) is 13.0 Å². The summed E-state index contributed by atoms with van der Waals surface area (Å²) in [6, 6.07) is 0. The van der Waals surface area contributed by atoms with Gasteiger partial charge >= 0.3 is 0 Å². The highest BCUT2D eigenvalue weighted by Crippen LogP contribution is 2.05. The summed E-state index contributed by atoms with van der Waals surface area (Å²) in [6.07, 6.45) is 1.23. The molecule has 0 bridgehead atoms. The van der Waals surface area contributed by atoms with Crippen molar-refractivity contribution in [2.24, 2.45) is 5.92 Å². The van der Waals surface area contributed by atoms with Crippen molar-refractivity contribution < 1.29 is 0 Å². The maximum atomic E-state index is 4.24. The lowest BCUT2D eigenvalue weighted by Crippen LogP contribution is -2.01. The molecule has 0 nitrogen and oxygen atoms in total. The van der Waals surface area contributed by atoms with E-state index in [2.05, 4.69) is 34.3 Å².